The molecule has 0 aromatic heterocycles. The Labute approximate surface area is 103 Å². The summed E-state index contributed by atoms with van der Waals surface area (Å²) >= 11 is 0. The van der Waals surface area contributed by atoms with Crippen LogP contribution in [0.2, 0.25) is 0 Å². The molecule has 0 aliphatic rings. The van der Waals surface area contributed by atoms with E-state index in [1.54, 1.807) is 13.8 Å². The van der Waals surface area contributed by atoms with E-state index in [1.807, 2.05) is 6.92 Å². The highest BCUT2D eigenvalue weighted by atomic mass is 16.5. The molecule has 4 nitrogen and oxygen atoms in total. The number of carboxylic acids is 1. The Kier molecular flexibility index (Phi) is 6.85. The maximum atomic E-state index is 11.9. The number of hydrogen-bond acceptors (Lipinski definition) is 3. The van der Waals surface area contributed by atoms with Gasteiger partial charge in [-0.1, -0.05) is 33.6 Å². The van der Waals surface area contributed by atoms with Crippen LogP contribution in [0, 0.1) is 5.41 Å². The van der Waals surface area contributed by atoms with Crippen molar-refractivity contribution in [2.75, 3.05) is 0 Å². The maximum absolute atomic E-state index is 11.9. The first kappa shape index (κ1) is 15.9. The van der Waals surface area contributed by atoms with Gasteiger partial charge in [-0.3, -0.25) is 9.59 Å². The van der Waals surface area contributed by atoms with E-state index in [1.165, 1.54) is 0 Å². The van der Waals surface area contributed by atoms with Gasteiger partial charge in [0.05, 0.1) is 6.10 Å². The summed E-state index contributed by atoms with van der Waals surface area (Å²) in [4.78, 5) is 23.2. The Balaban J connectivity index is 4.59. The summed E-state index contributed by atoms with van der Waals surface area (Å²) in [7, 11) is 0. The predicted octanol–water partition coefficient (Wildman–Crippen LogP) is 3.00. The lowest BCUT2D eigenvalue weighted by Gasteiger charge is -2.26. The van der Waals surface area contributed by atoms with Gasteiger partial charge in [0.1, 0.15) is 0 Å². The first-order valence-corrected chi connectivity index (χ1v) is 6.39. The normalized spacial score (nSPS) is 13.2. The lowest BCUT2D eigenvalue weighted by atomic mass is 9.82. The van der Waals surface area contributed by atoms with Gasteiger partial charge < -0.3 is 9.84 Å². The molecule has 0 saturated heterocycles. The number of carbonyl (C=O) groups is 2. The molecule has 0 bridgehead atoms. The highest BCUT2D eigenvalue weighted by Gasteiger charge is 2.44. The van der Waals surface area contributed by atoms with E-state index < -0.39 is 17.4 Å². The Hall–Kier alpha value is -1.06. The van der Waals surface area contributed by atoms with Crippen molar-refractivity contribution in [1.82, 2.24) is 0 Å². The van der Waals surface area contributed by atoms with Crippen LogP contribution in [0.3, 0.4) is 0 Å². The Bertz CT molecular complexity index is 256. The summed E-state index contributed by atoms with van der Waals surface area (Å²) < 4.78 is 5.24. The zero-order valence-corrected chi connectivity index (χ0v) is 11.3. The minimum atomic E-state index is -1.37. The SMILES string of the molecule is CCCCC(C)OC(=O)C(CC)(CC)C(=O)O. The lowest BCUT2D eigenvalue weighted by Crippen LogP contribution is -2.41. The number of carboxylic acid groups (broad SMARTS) is 1. The van der Waals surface area contributed by atoms with Gasteiger partial charge in [-0.25, -0.2) is 0 Å². The van der Waals surface area contributed by atoms with Crippen molar-refractivity contribution >= 4 is 11.9 Å². The third kappa shape index (κ3) is 4.02. The van der Waals surface area contributed by atoms with Crippen molar-refractivity contribution < 1.29 is 19.4 Å². The van der Waals surface area contributed by atoms with Crippen molar-refractivity contribution in [3.8, 4) is 0 Å². The van der Waals surface area contributed by atoms with E-state index in [9.17, 15) is 14.7 Å². The number of aliphatic carboxylic acids is 1. The minimum absolute atomic E-state index is 0.209. The standard InChI is InChI=1S/C13H24O4/c1-5-8-9-10(4)17-12(16)13(6-2,7-3)11(14)15/h10H,5-9H2,1-4H3,(H,14,15). The van der Waals surface area contributed by atoms with E-state index >= 15 is 0 Å². The van der Waals surface area contributed by atoms with Crippen LogP contribution < -0.4 is 0 Å². The zero-order valence-electron chi connectivity index (χ0n) is 11.3. The first-order chi connectivity index (χ1) is 7.94. The second-order valence-electron chi connectivity index (χ2n) is 4.45. The molecule has 0 aliphatic carbocycles. The number of rotatable bonds is 8. The molecule has 0 aliphatic heterocycles. The van der Waals surface area contributed by atoms with Gasteiger partial charge in [-0.15, -0.1) is 0 Å². The number of ether oxygens (including phenoxy) is 1. The molecule has 1 N–H and O–H groups in total. The van der Waals surface area contributed by atoms with E-state index in [2.05, 4.69) is 6.92 Å². The molecular formula is C13H24O4. The van der Waals surface area contributed by atoms with Crippen molar-refractivity contribution in [2.24, 2.45) is 5.41 Å². The highest BCUT2D eigenvalue weighted by molar-refractivity contribution is 5.99. The van der Waals surface area contributed by atoms with Crippen LogP contribution >= 0.6 is 0 Å². The molecule has 4 heteroatoms. The fourth-order valence-corrected chi connectivity index (χ4v) is 1.77. The quantitative estimate of drug-likeness (QED) is 0.526. The van der Waals surface area contributed by atoms with Gasteiger partial charge in [-0.05, 0) is 26.2 Å². The summed E-state index contributed by atoms with van der Waals surface area (Å²) in [6.45, 7) is 7.28. The third-order valence-electron chi connectivity index (χ3n) is 3.28. The largest absolute Gasteiger partial charge is 0.480 e. The molecule has 0 heterocycles. The third-order valence-corrected chi connectivity index (χ3v) is 3.28. The van der Waals surface area contributed by atoms with Crippen molar-refractivity contribution in [3.05, 3.63) is 0 Å². The van der Waals surface area contributed by atoms with Gasteiger partial charge in [-0.2, -0.15) is 0 Å². The van der Waals surface area contributed by atoms with Gasteiger partial charge in [0.25, 0.3) is 0 Å². The van der Waals surface area contributed by atoms with E-state index in [-0.39, 0.29) is 18.9 Å². The Morgan fingerprint density at radius 3 is 2.12 bits per heavy atom. The molecule has 0 spiro atoms. The summed E-state index contributed by atoms with van der Waals surface area (Å²) in [5.41, 5.74) is -1.37. The molecule has 0 amide bonds. The molecule has 0 aromatic carbocycles. The number of unbranched alkanes of at least 4 members (excludes halogenated alkanes) is 1. The Morgan fingerprint density at radius 2 is 1.76 bits per heavy atom. The fourth-order valence-electron chi connectivity index (χ4n) is 1.77. The zero-order chi connectivity index (χ0) is 13.5. The Morgan fingerprint density at radius 1 is 1.24 bits per heavy atom. The molecule has 100 valence electrons. The number of esters is 1. The van der Waals surface area contributed by atoms with Crippen LogP contribution in [-0.2, 0) is 14.3 Å². The van der Waals surface area contributed by atoms with Gasteiger partial charge in [0.2, 0.25) is 0 Å². The van der Waals surface area contributed by atoms with Crippen LogP contribution in [0.1, 0.15) is 59.8 Å². The van der Waals surface area contributed by atoms with Gasteiger partial charge in [0.15, 0.2) is 5.41 Å². The predicted molar refractivity (Wildman–Crippen MR) is 65.7 cm³/mol. The topological polar surface area (TPSA) is 63.6 Å². The smallest absolute Gasteiger partial charge is 0.323 e. The summed E-state index contributed by atoms with van der Waals surface area (Å²) in [6.07, 6.45) is 3.11. The number of carbonyl (C=O) groups excluding carboxylic acids is 1. The maximum Gasteiger partial charge on any atom is 0.323 e. The van der Waals surface area contributed by atoms with Crippen molar-refractivity contribution in [2.45, 2.75) is 65.9 Å². The fraction of sp³-hybridized carbons (Fsp3) is 0.846. The molecule has 0 rings (SSSR count). The van der Waals surface area contributed by atoms with Gasteiger partial charge in [0, 0.05) is 0 Å². The molecule has 0 aromatic rings. The molecule has 0 radical (unpaired) electrons. The summed E-state index contributed by atoms with van der Waals surface area (Å²) in [5, 5.41) is 9.18. The van der Waals surface area contributed by atoms with Crippen molar-refractivity contribution in [3.63, 3.8) is 0 Å². The molecular weight excluding hydrogens is 220 g/mol. The minimum Gasteiger partial charge on any atom is -0.480 e. The average molecular weight is 244 g/mol. The highest BCUT2D eigenvalue weighted by Crippen LogP contribution is 2.29. The first-order valence-electron chi connectivity index (χ1n) is 6.39. The van der Waals surface area contributed by atoms with Crippen LogP contribution in [0.5, 0.6) is 0 Å². The lowest BCUT2D eigenvalue weighted by molar-refractivity contribution is -0.173. The molecule has 0 fully saturated rings. The van der Waals surface area contributed by atoms with Gasteiger partial charge >= 0.3 is 11.9 Å². The van der Waals surface area contributed by atoms with Crippen LogP contribution in [0.4, 0.5) is 0 Å². The van der Waals surface area contributed by atoms with E-state index in [0.717, 1.165) is 19.3 Å². The summed E-state index contributed by atoms with van der Waals surface area (Å²) in [5.74, 6) is -1.69. The second kappa shape index (κ2) is 7.30. The van der Waals surface area contributed by atoms with Crippen LogP contribution in [-0.4, -0.2) is 23.1 Å². The monoisotopic (exact) mass is 244 g/mol. The van der Waals surface area contributed by atoms with Crippen molar-refractivity contribution in [1.29, 1.82) is 0 Å². The molecule has 1 unspecified atom stereocenters. The molecule has 1 atom stereocenters. The van der Waals surface area contributed by atoms with E-state index in [4.69, 9.17) is 4.74 Å². The average Bonchev–Trinajstić information content (AvgIpc) is 2.28. The number of hydrogen-bond donors (Lipinski definition) is 1. The van der Waals surface area contributed by atoms with Crippen LogP contribution in [0.15, 0.2) is 0 Å². The summed E-state index contributed by atoms with van der Waals surface area (Å²) in [6, 6.07) is 0. The molecule has 17 heavy (non-hydrogen) atoms. The van der Waals surface area contributed by atoms with E-state index in [0.29, 0.717) is 0 Å². The molecule has 0 saturated carbocycles. The second-order valence-corrected chi connectivity index (χ2v) is 4.45. The van der Waals surface area contributed by atoms with Crippen LogP contribution in [0.25, 0.3) is 0 Å².